The molecule has 0 aliphatic heterocycles. The SMILES string of the molecule is Cc1ccc(NC(C)c2ccc(Br)cc2)cc1F. The van der Waals surface area contributed by atoms with Crippen LogP contribution in [-0.2, 0) is 0 Å². The van der Waals surface area contributed by atoms with Crippen molar-refractivity contribution in [3.8, 4) is 0 Å². The van der Waals surface area contributed by atoms with Crippen molar-refractivity contribution in [2.24, 2.45) is 0 Å². The van der Waals surface area contributed by atoms with Crippen molar-refractivity contribution in [3.05, 3.63) is 63.9 Å². The first-order valence-corrected chi connectivity index (χ1v) is 6.64. The van der Waals surface area contributed by atoms with Crippen LogP contribution in [0.1, 0.15) is 24.1 Å². The second-order valence-electron chi connectivity index (χ2n) is 4.38. The van der Waals surface area contributed by atoms with Crippen LogP contribution in [0.3, 0.4) is 0 Å². The zero-order valence-electron chi connectivity index (χ0n) is 10.4. The molecule has 0 heterocycles. The highest BCUT2D eigenvalue weighted by Crippen LogP contribution is 2.22. The minimum atomic E-state index is -0.178. The molecule has 2 aromatic carbocycles. The van der Waals surface area contributed by atoms with Crippen molar-refractivity contribution < 1.29 is 4.39 Å². The van der Waals surface area contributed by atoms with Crippen LogP contribution in [0.2, 0.25) is 0 Å². The number of nitrogens with one attached hydrogen (secondary N) is 1. The van der Waals surface area contributed by atoms with Crippen molar-refractivity contribution >= 4 is 21.6 Å². The van der Waals surface area contributed by atoms with E-state index in [0.717, 1.165) is 10.2 Å². The van der Waals surface area contributed by atoms with Gasteiger partial charge in [-0.3, -0.25) is 0 Å². The van der Waals surface area contributed by atoms with Crippen LogP contribution in [-0.4, -0.2) is 0 Å². The third-order valence-corrected chi connectivity index (χ3v) is 3.45. The summed E-state index contributed by atoms with van der Waals surface area (Å²) in [5, 5.41) is 3.29. The zero-order valence-corrected chi connectivity index (χ0v) is 12.0. The molecule has 0 radical (unpaired) electrons. The summed E-state index contributed by atoms with van der Waals surface area (Å²) in [6.07, 6.45) is 0. The summed E-state index contributed by atoms with van der Waals surface area (Å²) in [4.78, 5) is 0. The first-order chi connectivity index (χ1) is 8.56. The van der Waals surface area contributed by atoms with Gasteiger partial charge >= 0.3 is 0 Å². The predicted molar refractivity (Wildman–Crippen MR) is 77.3 cm³/mol. The minimum absolute atomic E-state index is 0.139. The van der Waals surface area contributed by atoms with Crippen LogP contribution in [0.15, 0.2) is 46.9 Å². The van der Waals surface area contributed by atoms with Gasteiger partial charge in [0.25, 0.3) is 0 Å². The van der Waals surface area contributed by atoms with Crippen LogP contribution >= 0.6 is 15.9 Å². The molecule has 0 aliphatic rings. The Bertz CT molecular complexity index is 537. The second kappa shape index (κ2) is 5.53. The molecular weight excluding hydrogens is 293 g/mol. The van der Waals surface area contributed by atoms with E-state index >= 15 is 0 Å². The van der Waals surface area contributed by atoms with Gasteiger partial charge in [-0.1, -0.05) is 34.1 Å². The topological polar surface area (TPSA) is 12.0 Å². The Morgan fingerprint density at radius 2 is 1.78 bits per heavy atom. The Balaban J connectivity index is 2.13. The molecule has 2 rings (SSSR count). The minimum Gasteiger partial charge on any atom is -0.378 e. The van der Waals surface area contributed by atoms with E-state index in [0.29, 0.717) is 5.56 Å². The van der Waals surface area contributed by atoms with Gasteiger partial charge in [0.15, 0.2) is 0 Å². The largest absolute Gasteiger partial charge is 0.378 e. The highest BCUT2D eigenvalue weighted by Gasteiger charge is 2.06. The van der Waals surface area contributed by atoms with Gasteiger partial charge in [0.2, 0.25) is 0 Å². The summed E-state index contributed by atoms with van der Waals surface area (Å²) in [5.74, 6) is -0.178. The maximum atomic E-state index is 13.4. The van der Waals surface area contributed by atoms with Crippen LogP contribution in [0.5, 0.6) is 0 Å². The summed E-state index contributed by atoms with van der Waals surface area (Å²) in [7, 11) is 0. The van der Waals surface area contributed by atoms with E-state index in [9.17, 15) is 4.39 Å². The van der Waals surface area contributed by atoms with Gasteiger partial charge in [-0.2, -0.15) is 0 Å². The maximum Gasteiger partial charge on any atom is 0.128 e. The third-order valence-electron chi connectivity index (χ3n) is 2.93. The van der Waals surface area contributed by atoms with Crippen molar-refractivity contribution in [2.45, 2.75) is 19.9 Å². The Kier molecular flexibility index (Phi) is 4.02. The molecule has 0 spiro atoms. The molecule has 0 fully saturated rings. The predicted octanol–water partition coefficient (Wildman–Crippen LogP) is 5.07. The van der Waals surface area contributed by atoms with Gasteiger partial charge in [-0.25, -0.2) is 4.39 Å². The first kappa shape index (κ1) is 13.1. The van der Waals surface area contributed by atoms with Crippen molar-refractivity contribution in [2.75, 3.05) is 5.32 Å². The van der Waals surface area contributed by atoms with E-state index in [4.69, 9.17) is 0 Å². The molecule has 1 N–H and O–H groups in total. The fraction of sp³-hybridized carbons (Fsp3) is 0.200. The van der Waals surface area contributed by atoms with Crippen molar-refractivity contribution in [1.29, 1.82) is 0 Å². The molecule has 0 saturated heterocycles. The molecule has 3 heteroatoms. The summed E-state index contributed by atoms with van der Waals surface area (Å²) >= 11 is 3.41. The molecule has 94 valence electrons. The molecule has 0 aromatic heterocycles. The van der Waals surface area contributed by atoms with E-state index < -0.39 is 0 Å². The van der Waals surface area contributed by atoms with Crippen LogP contribution in [0, 0.1) is 12.7 Å². The molecule has 0 amide bonds. The summed E-state index contributed by atoms with van der Waals surface area (Å²) in [5.41, 5.74) is 2.63. The molecule has 1 atom stereocenters. The molecule has 1 unspecified atom stereocenters. The Morgan fingerprint density at radius 3 is 2.39 bits per heavy atom. The molecule has 2 aromatic rings. The Labute approximate surface area is 115 Å². The van der Waals surface area contributed by atoms with Crippen LogP contribution in [0.25, 0.3) is 0 Å². The lowest BCUT2D eigenvalue weighted by Gasteiger charge is -2.16. The maximum absolute atomic E-state index is 13.4. The molecular formula is C15H15BrFN. The summed E-state index contributed by atoms with van der Waals surface area (Å²) in [6.45, 7) is 3.82. The highest BCUT2D eigenvalue weighted by atomic mass is 79.9. The van der Waals surface area contributed by atoms with E-state index in [-0.39, 0.29) is 11.9 Å². The van der Waals surface area contributed by atoms with Gasteiger partial charge in [0, 0.05) is 16.2 Å². The summed E-state index contributed by atoms with van der Waals surface area (Å²) < 4.78 is 14.5. The Hall–Kier alpha value is -1.35. The molecule has 0 aliphatic carbocycles. The third kappa shape index (κ3) is 3.10. The normalized spacial score (nSPS) is 12.2. The smallest absolute Gasteiger partial charge is 0.128 e. The average Bonchev–Trinajstić information content (AvgIpc) is 2.34. The van der Waals surface area contributed by atoms with E-state index in [1.807, 2.05) is 30.3 Å². The van der Waals surface area contributed by atoms with Gasteiger partial charge in [-0.05, 0) is 49.2 Å². The monoisotopic (exact) mass is 307 g/mol. The fourth-order valence-corrected chi connectivity index (χ4v) is 2.03. The number of benzene rings is 2. The van der Waals surface area contributed by atoms with Gasteiger partial charge < -0.3 is 5.32 Å². The lowest BCUT2D eigenvalue weighted by Crippen LogP contribution is -2.06. The molecule has 0 saturated carbocycles. The molecule has 0 bridgehead atoms. The van der Waals surface area contributed by atoms with Gasteiger partial charge in [-0.15, -0.1) is 0 Å². The number of hydrogen-bond donors (Lipinski definition) is 1. The van der Waals surface area contributed by atoms with E-state index in [2.05, 4.69) is 28.2 Å². The second-order valence-corrected chi connectivity index (χ2v) is 5.30. The first-order valence-electron chi connectivity index (χ1n) is 5.84. The number of hydrogen-bond acceptors (Lipinski definition) is 1. The molecule has 1 nitrogen and oxygen atoms in total. The van der Waals surface area contributed by atoms with Crippen molar-refractivity contribution in [1.82, 2.24) is 0 Å². The number of aryl methyl sites for hydroxylation is 1. The van der Waals surface area contributed by atoms with Crippen molar-refractivity contribution in [3.63, 3.8) is 0 Å². The average molecular weight is 308 g/mol. The summed E-state index contributed by atoms with van der Waals surface area (Å²) in [6, 6.07) is 13.5. The Morgan fingerprint density at radius 1 is 1.11 bits per heavy atom. The van der Waals surface area contributed by atoms with Gasteiger partial charge in [0.1, 0.15) is 5.82 Å². The zero-order chi connectivity index (χ0) is 13.1. The lowest BCUT2D eigenvalue weighted by molar-refractivity contribution is 0.618. The highest BCUT2D eigenvalue weighted by molar-refractivity contribution is 9.10. The van der Waals surface area contributed by atoms with E-state index in [1.165, 1.54) is 11.6 Å². The lowest BCUT2D eigenvalue weighted by atomic mass is 10.1. The number of halogens is 2. The molecule has 18 heavy (non-hydrogen) atoms. The fourth-order valence-electron chi connectivity index (χ4n) is 1.77. The van der Waals surface area contributed by atoms with Gasteiger partial charge in [0.05, 0.1) is 0 Å². The number of rotatable bonds is 3. The van der Waals surface area contributed by atoms with Crippen LogP contribution < -0.4 is 5.32 Å². The van der Waals surface area contributed by atoms with E-state index in [1.54, 1.807) is 13.0 Å². The quantitative estimate of drug-likeness (QED) is 0.834. The van der Waals surface area contributed by atoms with Crippen LogP contribution in [0.4, 0.5) is 10.1 Å². The number of anilines is 1. The standard InChI is InChI=1S/C15H15BrFN/c1-10-3-8-14(9-15(10)17)18-11(2)12-4-6-13(16)7-5-12/h3-9,11,18H,1-2H3.